The molecule has 0 unspecified atom stereocenters. The molecule has 15 rings (SSSR count). The summed E-state index contributed by atoms with van der Waals surface area (Å²) < 4.78 is 6.57. The van der Waals surface area contributed by atoms with Crippen LogP contribution >= 0.6 is 46.4 Å². The molecule has 119 heavy (non-hydrogen) atoms. The number of hydrogen-bond acceptors (Lipinski definition) is 30. The van der Waals surface area contributed by atoms with Gasteiger partial charge in [0, 0.05) is 109 Å². The topological polar surface area (TPSA) is 636 Å². The molecular formula is C73H74Cl4N32O10. The summed E-state index contributed by atoms with van der Waals surface area (Å²) in [5, 5.41) is 81.3. The number of anilines is 8. The zero-order valence-electron chi connectivity index (χ0n) is 64.1. The Hall–Kier alpha value is -14.9. The number of aryl methyl sites for hydroxylation is 4. The summed E-state index contributed by atoms with van der Waals surface area (Å²) in [5.74, 6) is -2.03. The van der Waals surface area contributed by atoms with Crippen LogP contribution in [0.3, 0.4) is 0 Å². The molecule has 42 nitrogen and oxygen atoms in total. The predicted molar refractivity (Wildman–Crippen MR) is 438 cm³/mol. The molecule has 19 N–H and O–H groups in total. The van der Waals surface area contributed by atoms with Crippen LogP contribution < -0.4 is 61.2 Å². The van der Waals surface area contributed by atoms with Gasteiger partial charge in [-0.3, -0.25) is 52.3 Å². The fourth-order valence-electron chi connectivity index (χ4n) is 10.2. The largest absolute Gasteiger partial charge is 0.505 e. The maximum atomic E-state index is 12.0. The minimum Gasteiger partial charge on any atom is -0.505 e. The number of rotatable bonds is 18. The van der Waals surface area contributed by atoms with Crippen molar-refractivity contribution in [2.75, 3.05) is 27.0 Å². The normalized spacial score (nSPS) is 11.5. The maximum Gasteiger partial charge on any atom is 0.360 e. The summed E-state index contributed by atoms with van der Waals surface area (Å²) in [5.41, 5.74) is 41.8. The van der Waals surface area contributed by atoms with Crippen LogP contribution in [0, 0.1) is 39.5 Å². The average Bonchev–Trinajstić information content (AvgIpc) is 1.60. The van der Waals surface area contributed by atoms with E-state index in [-0.39, 0.29) is 72.7 Å². The van der Waals surface area contributed by atoms with Crippen molar-refractivity contribution in [1.29, 1.82) is 0 Å². The minimum absolute atomic E-state index is 0.0140. The number of amides is 6. The Morgan fingerprint density at radius 1 is 0.437 bits per heavy atom. The number of primary amides is 5. The number of halogens is 4. The van der Waals surface area contributed by atoms with Crippen molar-refractivity contribution in [3.8, 4) is 51.3 Å². The fraction of sp³-hybridized carbons (Fsp3) is 0.192. The van der Waals surface area contributed by atoms with Gasteiger partial charge in [-0.25, -0.2) is 29.8 Å². The molecule has 9 heterocycles. The van der Waals surface area contributed by atoms with E-state index in [1.165, 1.54) is 18.2 Å². The zero-order valence-corrected chi connectivity index (χ0v) is 67.2. The number of carboxylic acid groups (broad SMARTS) is 1. The highest BCUT2D eigenvalue weighted by atomic mass is 35.5. The quantitative estimate of drug-likeness (QED) is 0.0376. The number of nitrogens with two attached hydrogens (primary N) is 6. The van der Waals surface area contributed by atoms with Crippen LogP contribution in [0.25, 0.3) is 45.6 Å². The zero-order chi connectivity index (χ0) is 86.6. The molecule has 2 aliphatic rings. The van der Waals surface area contributed by atoms with Crippen LogP contribution in [0.2, 0.25) is 20.5 Å². The molecule has 6 amide bonds. The Labute approximate surface area is 693 Å². The number of nitrogen functional groups attached to an aromatic ring is 1. The third-order valence-corrected chi connectivity index (χ3v) is 17.5. The molecule has 2 fully saturated rings. The van der Waals surface area contributed by atoms with Gasteiger partial charge in [0.05, 0.1) is 22.1 Å². The third-order valence-electron chi connectivity index (χ3n) is 16.7. The Kier molecular flexibility index (Phi) is 29.5. The highest BCUT2D eigenvalue weighted by Crippen LogP contribution is 2.35. The second-order valence-electron chi connectivity index (χ2n) is 25.7. The minimum atomic E-state index is -1.39. The van der Waals surface area contributed by atoms with Crippen molar-refractivity contribution in [3.05, 3.63) is 210 Å². The van der Waals surface area contributed by atoms with E-state index in [9.17, 15) is 38.4 Å². The van der Waals surface area contributed by atoms with Gasteiger partial charge in [-0.15, -0.1) is 40.8 Å². The summed E-state index contributed by atoms with van der Waals surface area (Å²) >= 11 is 22.7. The van der Waals surface area contributed by atoms with Gasteiger partial charge >= 0.3 is 5.97 Å². The molecule has 2 saturated carbocycles. The second-order valence-corrected chi connectivity index (χ2v) is 27.2. The predicted octanol–water partition coefficient (Wildman–Crippen LogP) is 7.23. The Bertz CT molecular complexity index is 5850. The van der Waals surface area contributed by atoms with E-state index in [0.29, 0.717) is 34.5 Å². The van der Waals surface area contributed by atoms with Gasteiger partial charge in [0.1, 0.15) is 25.3 Å². The number of hydrogen-bond donors (Lipinski definition) is 13. The van der Waals surface area contributed by atoms with Gasteiger partial charge in [0.25, 0.3) is 29.2 Å². The molecule has 0 saturated heterocycles. The summed E-state index contributed by atoms with van der Waals surface area (Å²) in [6.45, 7) is 7.74. The lowest BCUT2D eigenvalue weighted by Crippen LogP contribution is -2.19. The number of nitrogens with one attached hydrogen (secondary N) is 5. The molecule has 46 heteroatoms. The SMILES string of the molecule is Cc1c(N)cccc1-c1ncn(C)n1.Cc1c(Nc2cc(Cl)nnc2C(N)=O)cccc1-c1ncn(C)n1.Cc1c(Nc2cc(Cl)nnc2C(N)=O)cccc1-c1ncn(C)n1.Cc1c(Nc2cc(NC(=O)C3CC3)nnc2C(N)=O)cccc1-c1ncn(C)n1.NC(=O)C1CC1.NC(=O)c1nnc(Cl)cc1Cl.O=C(O)c1n[nH]c(=O)cc1O. The summed E-state index contributed by atoms with van der Waals surface area (Å²) in [6, 6.07) is 29.3. The lowest BCUT2D eigenvalue weighted by atomic mass is 10.1. The highest BCUT2D eigenvalue weighted by Gasteiger charge is 2.31. The first kappa shape index (κ1) is 88.0. The molecule has 9 aromatic heterocycles. The Morgan fingerprint density at radius 3 is 1.10 bits per heavy atom. The average molecular weight is 1700 g/mol. The number of carboxylic acids is 1. The molecule has 0 aliphatic heterocycles. The van der Waals surface area contributed by atoms with E-state index in [1.807, 2.05) is 113 Å². The first-order valence-corrected chi connectivity index (χ1v) is 36.4. The number of benzene rings is 4. The number of aromatic hydroxyl groups is 1. The van der Waals surface area contributed by atoms with E-state index >= 15 is 0 Å². The summed E-state index contributed by atoms with van der Waals surface area (Å²) in [4.78, 5) is 105. The summed E-state index contributed by atoms with van der Waals surface area (Å²) in [6.07, 6.45) is 10.4. The number of nitrogens with zero attached hydrogens (tertiary/aromatic N) is 21. The van der Waals surface area contributed by atoms with E-state index in [1.54, 1.807) is 71.2 Å². The van der Waals surface area contributed by atoms with E-state index in [4.69, 9.17) is 91.0 Å². The van der Waals surface area contributed by atoms with E-state index in [0.717, 1.165) is 105 Å². The van der Waals surface area contributed by atoms with Crippen molar-refractivity contribution in [1.82, 2.24) is 110 Å². The van der Waals surface area contributed by atoms with Gasteiger partial charge in [-0.1, -0.05) is 94.9 Å². The van der Waals surface area contributed by atoms with Crippen LogP contribution in [-0.2, 0) is 37.8 Å². The number of H-pyrrole nitrogens is 1. The van der Waals surface area contributed by atoms with Crippen LogP contribution in [0.15, 0.2) is 133 Å². The Morgan fingerprint density at radius 2 is 0.782 bits per heavy atom. The van der Waals surface area contributed by atoms with Gasteiger partial charge in [0.2, 0.25) is 17.5 Å². The van der Waals surface area contributed by atoms with E-state index < -0.39 is 46.6 Å². The first-order chi connectivity index (χ1) is 56.5. The van der Waals surface area contributed by atoms with Crippen molar-refractivity contribution >= 4 is 133 Å². The smallest absolute Gasteiger partial charge is 0.360 e. The van der Waals surface area contributed by atoms with Gasteiger partial charge in [0.15, 0.2) is 73.1 Å². The number of carbonyl (C=O) groups excluding carboxylic acids is 6. The van der Waals surface area contributed by atoms with Crippen molar-refractivity contribution in [2.45, 2.75) is 53.4 Å². The fourth-order valence-corrected chi connectivity index (χ4v) is 11.0. The second kappa shape index (κ2) is 39.9. The molecule has 0 atom stereocenters. The lowest BCUT2D eigenvalue weighted by Gasteiger charge is -2.14. The van der Waals surface area contributed by atoms with Gasteiger partial charge < -0.3 is 65.9 Å². The van der Waals surface area contributed by atoms with Crippen LogP contribution in [0.4, 0.5) is 45.6 Å². The van der Waals surface area contributed by atoms with Crippen molar-refractivity contribution < 1.29 is 43.8 Å². The molecule has 0 bridgehead atoms. The molecule has 13 aromatic rings. The monoisotopic (exact) mass is 1700 g/mol. The van der Waals surface area contributed by atoms with Crippen LogP contribution in [0.1, 0.15) is 100 Å². The first-order valence-electron chi connectivity index (χ1n) is 34.9. The number of aromatic nitrogens is 22. The van der Waals surface area contributed by atoms with Gasteiger partial charge in [-0.05, 0) is 106 Å². The highest BCUT2D eigenvalue weighted by molar-refractivity contribution is 6.35. The Balaban J connectivity index is 0.000000165. The van der Waals surface area contributed by atoms with Crippen molar-refractivity contribution in [3.63, 3.8) is 0 Å². The van der Waals surface area contributed by atoms with E-state index in [2.05, 4.69) is 107 Å². The molecule has 4 aromatic carbocycles. The number of aromatic amines is 1. The van der Waals surface area contributed by atoms with Crippen LogP contribution in [-0.4, -0.2) is 162 Å². The van der Waals surface area contributed by atoms with Gasteiger partial charge in [-0.2, -0.15) is 25.5 Å². The summed E-state index contributed by atoms with van der Waals surface area (Å²) in [7, 11) is 7.25. The molecule has 0 radical (unpaired) electrons. The van der Waals surface area contributed by atoms with Crippen LogP contribution in [0.5, 0.6) is 5.75 Å². The lowest BCUT2D eigenvalue weighted by molar-refractivity contribution is -0.119. The standard InChI is InChI=1S/C19H20N8O2.2C15H14ClN7O.C10H12N4.C5H3Cl2N3O.C5H4N2O4.C4H7NO/c1-10-12(18-21-9-27(2)26-18)4-3-5-13(10)22-14-8-15(23-19(29)11-6-7-11)24-25-16(14)17(20)28;2*1-8-9(15-18-7-23(2)22-15)4-3-5-10(8)19-11-6-12(16)20-21-13(11)14(17)24;1-7-8(4-3-5-9(7)11)10-12-6-14(2)13-10;6-2-1-3(7)9-10-4(2)5(8)11;8-2-1-3(9)6-7-4(2)5(10)11;5-4(6)3-1-2-3/h3-5,8-9,11H,6-7H2,1-2H3,(H2,20,28)(H2,22,23,24,29);2*3-7H,1-2H3,(H2,17,24)(H,19,20);3-6H,11H2,1-2H3;1H,(H2,8,11);1H,(H,10,11)(H2,6,8,9);3H,1-2H2,(H2,5,6). The molecular weight excluding hydrogens is 1630 g/mol. The molecule has 0 spiro atoms. The van der Waals surface area contributed by atoms with Crippen molar-refractivity contribution in [2.24, 2.45) is 68.7 Å². The molecule has 2 aliphatic carbocycles. The maximum absolute atomic E-state index is 12.0. The third kappa shape index (κ3) is 24.3. The number of aromatic carboxylic acids is 1. The number of carbonyl (C=O) groups is 7. The molecule has 614 valence electrons.